The van der Waals surface area contributed by atoms with E-state index in [2.05, 4.69) is 31.9 Å². The molecule has 0 atom stereocenters. The third-order valence-corrected chi connectivity index (χ3v) is 3.62. The predicted molar refractivity (Wildman–Crippen MR) is 79.3 cm³/mol. The molecule has 3 nitrogen and oxygen atoms in total. The monoisotopic (exact) mass is 386 g/mol. The quantitative estimate of drug-likeness (QED) is 0.604. The number of benzene rings is 2. The summed E-state index contributed by atoms with van der Waals surface area (Å²) in [7, 11) is 0. The normalized spacial score (nSPS) is 10.3. The van der Waals surface area contributed by atoms with Crippen molar-refractivity contribution in [1.82, 2.24) is 0 Å². The SMILES string of the molecule is N=C(N)c1ccc(Oc2ccc(Br)c(F)c2)c(Br)c1. The van der Waals surface area contributed by atoms with Crippen LogP contribution in [0.4, 0.5) is 4.39 Å². The highest BCUT2D eigenvalue weighted by atomic mass is 79.9. The number of halogens is 3. The Labute approximate surface area is 126 Å². The molecule has 0 unspecified atom stereocenters. The molecular formula is C13H9Br2FN2O. The summed E-state index contributed by atoms with van der Waals surface area (Å²) in [6.07, 6.45) is 0. The first kappa shape index (κ1) is 14.0. The lowest BCUT2D eigenvalue weighted by Crippen LogP contribution is -2.10. The Morgan fingerprint density at radius 2 is 1.84 bits per heavy atom. The predicted octanol–water partition coefficient (Wildman–Crippen LogP) is 4.43. The summed E-state index contributed by atoms with van der Waals surface area (Å²) >= 11 is 6.40. The summed E-state index contributed by atoms with van der Waals surface area (Å²) in [5.41, 5.74) is 5.97. The van der Waals surface area contributed by atoms with Crippen molar-refractivity contribution in [2.75, 3.05) is 0 Å². The van der Waals surface area contributed by atoms with Crippen LogP contribution in [0.2, 0.25) is 0 Å². The second kappa shape index (κ2) is 5.71. The molecule has 0 heterocycles. The summed E-state index contributed by atoms with van der Waals surface area (Å²) in [5.74, 6) is 0.486. The van der Waals surface area contributed by atoms with E-state index in [1.165, 1.54) is 6.07 Å². The Hall–Kier alpha value is -1.40. The molecule has 0 saturated carbocycles. The molecule has 3 N–H and O–H groups in total. The van der Waals surface area contributed by atoms with Gasteiger partial charge in [-0.2, -0.15) is 0 Å². The van der Waals surface area contributed by atoms with Crippen molar-refractivity contribution in [2.24, 2.45) is 5.73 Å². The first-order valence-corrected chi connectivity index (χ1v) is 6.83. The van der Waals surface area contributed by atoms with E-state index in [1.807, 2.05) is 0 Å². The number of rotatable bonds is 3. The van der Waals surface area contributed by atoms with Crippen LogP contribution in [0.15, 0.2) is 45.3 Å². The van der Waals surface area contributed by atoms with Gasteiger partial charge in [-0.25, -0.2) is 4.39 Å². The van der Waals surface area contributed by atoms with Crippen LogP contribution in [-0.4, -0.2) is 5.84 Å². The van der Waals surface area contributed by atoms with Gasteiger partial charge in [0.15, 0.2) is 0 Å². The Bertz CT molecular complexity index is 647. The molecule has 2 aromatic carbocycles. The highest BCUT2D eigenvalue weighted by Gasteiger charge is 2.07. The van der Waals surface area contributed by atoms with Crippen LogP contribution in [0.5, 0.6) is 11.5 Å². The van der Waals surface area contributed by atoms with Crippen LogP contribution in [0.1, 0.15) is 5.56 Å². The molecule has 0 aromatic heterocycles. The van der Waals surface area contributed by atoms with Crippen LogP contribution < -0.4 is 10.5 Å². The minimum atomic E-state index is -0.394. The molecule has 0 fully saturated rings. The maximum absolute atomic E-state index is 13.4. The zero-order valence-corrected chi connectivity index (χ0v) is 12.8. The summed E-state index contributed by atoms with van der Waals surface area (Å²) in [4.78, 5) is 0. The number of amidine groups is 1. The van der Waals surface area contributed by atoms with Gasteiger partial charge in [-0.05, 0) is 62.2 Å². The molecular weight excluding hydrogens is 379 g/mol. The van der Waals surface area contributed by atoms with Crippen LogP contribution in [0.3, 0.4) is 0 Å². The summed E-state index contributed by atoms with van der Waals surface area (Å²) in [5, 5.41) is 7.34. The lowest BCUT2D eigenvalue weighted by Gasteiger charge is -2.09. The van der Waals surface area contributed by atoms with Gasteiger partial charge in [0, 0.05) is 11.6 Å². The first-order chi connectivity index (χ1) is 8.97. The Morgan fingerprint density at radius 3 is 2.42 bits per heavy atom. The minimum Gasteiger partial charge on any atom is -0.456 e. The van der Waals surface area contributed by atoms with Crippen molar-refractivity contribution in [2.45, 2.75) is 0 Å². The fraction of sp³-hybridized carbons (Fsp3) is 0. The maximum atomic E-state index is 13.4. The van der Waals surface area contributed by atoms with E-state index >= 15 is 0 Å². The van der Waals surface area contributed by atoms with Gasteiger partial charge >= 0.3 is 0 Å². The fourth-order valence-electron chi connectivity index (χ4n) is 1.42. The Balaban J connectivity index is 2.28. The number of nitrogen functional groups attached to an aromatic ring is 1. The highest BCUT2D eigenvalue weighted by Crippen LogP contribution is 2.31. The highest BCUT2D eigenvalue weighted by molar-refractivity contribution is 9.10. The van der Waals surface area contributed by atoms with Gasteiger partial charge in [0.05, 0.1) is 8.95 Å². The first-order valence-electron chi connectivity index (χ1n) is 5.24. The Kier molecular flexibility index (Phi) is 4.21. The fourth-order valence-corrected chi connectivity index (χ4v) is 2.12. The molecule has 2 aromatic rings. The molecule has 0 amide bonds. The van der Waals surface area contributed by atoms with Crippen molar-refractivity contribution in [3.63, 3.8) is 0 Å². The molecule has 0 bridgehead atoms. The van der Waals surface area contributed by atoms with Crippen molar-refractivity contribution >= 4 is 37.7 Å². The molecule has 2 rings (SSSR count). The molecule has 6 heteroatoms. The zero-order chi connectivity index (χ0) is 14.0. The third kappa shape index (κ3) is 3.33. The van der Waals surface area contributed by atoms with E-state index in [0.717, 1.165) is 0 Å². The molecule has 19 heavy (non-hydrogen) atoms. The van der Waals surface area contributed by atoms with E-state index in [1.54, 1.807) is 30.3 Å². The largest absolute Gasteiger partial charge is 0.456 e. The van der Waals surface area contributed by atoms with Crippen LogP contribution in [-0.2, 0) is 0 Å². The molecule has 0 spiro atoms. The van der Waals surface area contributed by atoms with Crippen molar-refractivity contribution in [3.05, 3.63) is 56.7 Å². The van der Waals surface area contributed by atoms with E-state index in [4.69, 9.17) is 15.9 Å². The number of nitrogens with one attached hydrogen (secondary N) is 1. The molecule has 0 aliphatic carbocycles. The van der Waals surface area contributed by atoms with Crippen molar-refractivity contribution in [1.29, 1.82) is 5.41 Å². The van der Waals surface area contributed by atoms with Gasteiger partial charge in [-0.3, -0.25) is 5.41 Å². The van der Waals surface area contributed by atoms with Crippen molar-refractivity contribution in [3.8, 4) is 11.5 Å². The molecule has 0 radical (unpaired) electrons. The van der Waals surface area contributed by atoms with Gasteiger partial charge in [-0.1, -0.05) is 0 Å². The molecule has 98 valence electrons. The topological polar surface area (TPSA) is 59.1 Å². The molecule has 0 aliphatic rings. The second-order valence-electron chi connectivity index (χ2n) is 3.74. The summed E-state index contributed by atoms with van der Waals surface area (Å²) < 4.78 is 20.0. The number of nitrogens with two attached hydrogens (primary N) is 1. The van der Waals surface area contributed by atoms with Crippen molar-refractivity contribution < 1.29 is 9.13 Å². The van der Waals surface area contributed by atoms with Crippen LogP contribution >= 0.6 is 31.9 Å². The average Bonchev–Trinajstić information content (AvgIpc) is 2.36. The lowest BCUT2D eigenvalue weighted by atomic mass is 10.2. The number of ether oxygens (including phenoxy) is 1. The standard InChI is InChI=1S/C13H9Br2FN2O/c14-9-3-2-8(6-11(9)16)19-12-4-1-7(13(17)18)5-10(12)15/h1-6H,(H3,17,18). The second-order valence-corrected chi connectivity index (χ2v) is 5.45. The van der Waals surface area contributed by atoms with Gasteiger partial charge in [-0.15, -0.1) is 0 Å². The van der Waals surface area contributed by atoms with E-state index in [9.17, 15) is 4.39 Å². The Morgan fingerprint density at radius 1 is 1.11 bits per heavy atom. The summed E-state index contributed by atoms with van der Waals surface area (Å²) in [6.45, 7) is 0. The number of hydrogen-bond donors (Lipinski definition) is 2. The zero-order valence-electron chi connectivity index (χ0n) is 9.58. The third-order valence-electron chi connectivity index (χ3n) is 2.36. The average molecular weight is 388 g/mol. The molecule has 0 aliphatic heterocycles. The minimum absolute atomic E-state index is 0.0260. The maximum Gasteiger partial charge on any atom is 0.141 e. The smallest absolute Gasteiger partial charge is 0.141 e. The van der Waals surface area contributed by atoms with E-state index in [0.29, 0.717) is 26.0 Å². The lowest BCUT2D eigenvalue weighted by molar-refractivity contribution is 0.473. The molecule has 0 saturated heterocycles. The van der Waals surface area contributed by atoms with Gasteiger partial charge in [0.1, 0.15) is 23.2 Å². The van der Waals surface area contributed by atoms with Gasteiger partial charge < -0.3 is 10.5 Å². The van der Waals surface area contributed by atoms with Crippen LogP contribution in [0, 0.1) is 11.2 Å². The van der Waals surface area contributed by atoms with Crippen LogP contribution in [0.25, 0.3) is 0 Å². The van der Waals surface area contributed by atoms with E-state index in [-0.39, 0.29) is 5.84 Å². The van der Waals surface area contributed by atoms with Gasteiger partial charge in [0.2, 0.25) is 0 Å². The van der Waals surface area contributed by atoms with E-state index < -0.39 is 5.82 Å². The van der Waals surface area contributed by atoms with Gasteiger partial charge in [0.25, 0.3) is 0 Å². The summed E-state index contributed by atoms with van der Waals surface area (Å²) in [6, 6.07) is 9.52. The number of hydrogen-bond acceptors (Lipinski definition) is 2.